The van der Waals surface area contributed by atoms with Crippen molar-refractivity contribution in [2.75, 3.05) is 7.11 Å². The van der Waals surface area contributed by atoms with Crippen molar-refractivity contribution >= 4 is 22.8 Å². The van der Waals surface area contributed by atoms with Crippen molar-refractivity contribution in [2.24, 2.45) is 0 Å². The molecule has 0 fully saturated rings. The molecular weight excluding hydrogens is 404 g/mol. The Morgan fingerprint density at radius 3 is 2.53 bits per heavy atom. The summed E-state index contributed by atoms with van der Waals surface area (Å²) in [6, 6.07) is 10.9. The Balaban J connectivity index is 1.73. The number of rotatable bonds is 6. The van der Waals surface area contributed by atoms with Crippen LogP contribution in [0.15, 0.2) is 53.8 Å². The third-order valence-electron chi connectivity index (χ3n) is 5.00. The van der Waals surface area contributed by atoms with Crippen molar-refractivity contribution in [3.8, 4) is 5.75 Å². The van der Waals surface area contributed by atoms with Gasteiger partial charge >= 0.3 is 0 Å². The van der Waals surface area contributed by atoms with Crippen LogP contribution >= 0.6 is 11.8 Å². The number of halogens is 2. The van der Waals surface area contributed by atoms with Crippen LogP contribution in [0.3, 0.4) is 0 Å². The van der Waals surface area contributed by atoms with Gasteiger partial charge in [-0.2, -0.15) is 0 Å². The molecule has 0 spiro atoms. The van der Waals surface area contributed by atoms with Gasteiger partial charge in [0.25, 0.3) is 0 Å². The van der Waals surface area contributed by atoms with E-state index in [1.807, 2.05) is 13.8 Å². The second-order valence-corrected chi connectivity index (χ2v) is 8.32. The first kappa shape index (κ1) is 20.3. The third-order valence-corrected chi connectivity index (χ3v) is 6.09. The molecule has 154 valence electrons. The van der Waals surface area contributed by atoms with E-state index in [1.54, 1.807) is 31.5 Å². The molecule has 1 atom stereocenters. The number of aromatic amines is 1. The van der Waals surface area contributed by atoms with Crippen LogP contribution < -0.4 is 4.74 Å². The van der Waals surface area contributed by atoms with Crippen LogP contribution in [-0.4, -0.2) is 22.1 Å². The van der Waals surface area contributed by atoms with Gasteiger partial charge in [0, 0.05) is 23.4 Å². The molecule has 0 aliphatic heterocycles. The molecule has 1 unspecified atom stereocenters. The largest absolute Gasteiger partial charge is 0.496 e. The number of aryl methyl sites for hydroxylation is 1. The van der Waals surface area contributed by atoms with Gasteiger partial charge in [-0.3, -0.25) is 4.98 Å². The Bertz CT molecular complexity index is 1190. The first-order chi connectivity index (χ1) is 14.4. The molecule has 2 aromatic heterocycles. The molecule has 2 heterocycles. The standard InChI is InChI=1S/C23H21F2N3OS/c1-13-12-26-21(14(2)22(13)29-3)20(10-15-4-6-16(24)7-5-15)30-23-27-18-9-8-17(25)11-19(18)28-23/h4-9,11-12,20H,10H2,1-3H3,(H,27,28). The van der Waals surface area contributed by atoms with Crippen LogP contribution in [0.5, 0.6) is 5.75 Å². The van der Waals surface area contributed by atoms with Gasteiger partial charge in [0.2, 0.25) is 0 Å². The maximum absolute atomic E-state index is 13.6. The maximum Gasteiger partial charge on any atom is 0.167 e. The van der Waals surface area contributed by atoms with Crippen LogP contribution in [-0.2, 0) is 6.42 Å². The normalized spacial score (nSPS) is 12.3. The number of nitrogens with zero attached hydrogens (tertiary/aromatic N) is 2. The summed E-state index contributed by atoms with van der Waals surface area (Å²) in [6.45, 7) is 3.94. The molecule has 0 amide bonds. The van der Waals surface area contributed by atoms with Gasteiger partial charge < -0.3 is 9.72 Å². The molecule has 4 rings (SSSR count). The second-order valence-electron chi connectivity index (χ2n) is 7.13. The number of H-pyrrole nitrogens is 1. The number of ether oxygens (including phenoxy) is 1. The van der Waals surface area contributed by atoms with E-state index in [4.69, 9.17) is 4.74 Å². The molecule has 0 aliphatic carbocycles. The predicted molar refractivity (Wildman–Crippen MR) is 115 cm³/mol. The van der Waals surface area contributed by atoms with Gasteiger partial charge in [-0.1, -0.05) is 23.9 Å². The molecule has 0 radical (unpaired) electrons. The van der Waals surface area contributed by atoms with E-state index in [-0.39, 0.29) is 16.9 Å². The fourth-order valence-electron chi connectivity index (χ4n) is 3.55. The highest BCUT2D eigenvalue weighted by molar-refractivity contribution is 7.99. The van der Waals surface area contributed by atoms with Gasteiger partial charge in [-0.05, 0) is 50.1 Å². The van der Waals surface area contributed by atoms with Gasteiger partial charge in [0.05, 0.1) is 29.1 Å². The molecule has 0 aliphatic rings. The summed E-state index contributed by atoms with van der Waals surface area (Å²) in [7, 11) is 1.65. The minimum atomic E-state index is -0.325. The van der Waals surface area contributed by atoms with E-state index in [1.165, 1.54) is 36.0 Å². The smallest absolute Gasteiger partial charge is 0.167 e. The maximum atomic E-state index is 13.6. The molecule has 2 aromatic carbocycles. The lowest BCUT2D eigenvalue weighted by Crippen LogP contribution is -2.07. The minimum Gasteiger partial charge on any atom is -0.496 e. The predicted octanol–water partition coefficient (Wildman–Crippen LogP) is 5.94. The summed E-state index contributed by atoms with van der Waals surface area (Å²) in [5.41, 5.74) is 5.12. The highest BCUT2D eigenvalue weighted by atomic mass is 32.2. The zero-order valence-corrected chi connectivity index (χ0v) is 17.7. The number of methoxy groups -OCH3 is 1. The van der Waals surface area contributed by atoms with Gasteiger partial charge in [0.1, 0.15) is 17.4 Å². The van der Waals surface area contributed by atoms with Crippen LogP contribution in [0.2, 0.25) is 0 Å². The summed E-state index contributed by atoms with van der Waals surface area (Å²) in [4.78, 5) is 12.5. The van der Waals surface area contributed by atoms with E-state index in [2.05, 4.69) is 15.0 Å². The van der Waals surface area contributed by atoms with E-state index in [0.29, 0.717) is 17.1 Å². The van der Waals surface area contributed by atoms with E-state index >= 15 is 0 Å². The number of thioether (sulfide) groups is 1. The summed E-state index contributed by atoms with van der Waals surface area (Å²) < 4.78 is 32.5. The van der Waals surface area contributed by atoms with Crippen molar-refractivity contribution in [3.05, 3.63) is 82.7 Å². The molecule has 0 saturated carbocycles. The molecule has 7 heteroatoms. The van der Waals surface area contributed by atoms with Crippen molar-refractivity contribution in [1.29, 1.82) is 0 Å². The Morgan fingerprint density at radius 2 is 1.80 bits per heavy atom. The van der Waals surface area contributed by atoms with E-state index in [0.717, 1.165) is 33.7 Å². The summed E-state index contributed by atoms with van der Waals surface area (Å²) in [5.74, 6) is 0.208. The first-order valence-corrected chi connectivity index (χ1v) is 10.4. The first-order valence-electron chi connectivity index (χ1n) is 9.51. The van der Waals surface area contributed by atoms with Crippen molar-refractivity contribution < 1.29 is 13.5 Å². The fraction of sp³-hybridized carbons (Fsp3) is 0.217. The van der Waals surface area contributed by atoms with Crippen molar-refractivity contribution in [2.45, 2.75) is 30.7 Å². The zero-order valence-electron chi connectivity index (χ0n) is 16.9. The average Bonchev–Trinajstić information content (AvgIpc) is 3.11. The summed E-state index contributed by atoms with van der Waals surface area (Å²) in [5, 5.41) is 0.568. The Hall–Kier alpha value is -2.93. The average molecular weight is 426 g/mol. The number of aromatic nitrogens is 3. The zero-order chi connectivity index (χ0) is 21.3. The fourth-order valence-corrected chi connectivity index (χ4v) is 4.76. The van der Waals surface area contributed by atoms with E-state index in [9.17, 15) is 8.78 Å². The molecule has 30 heavy (non-hydrogen) atoms. The van der Waals surface area contributed by atoms with Gasteiger partial charge in [0.15, 0.2) is 5.16 Å². The van der Waals surface area contributed by atoms with Crippen LogP contribution in [0, 0.1) is 25.5 Å². The Kier molecular flexibility index (Phi) is 5.72. The van der Waals surface area contributed by atoms with Gasteiger partial charge in [-0.25, -0.2) is 13.8 Å². The number of benzene rings is 2. The number of hydrogen-bond donors (Lipinski definition) is 1. The Morgan fingerprint density at radius 1 is 1.07 bits per heavy atom. The SMILES string of the molecule is COc1c(C)cnc(C(Cc2ccc(F)cc2)Sc2nc3cc(F)ccc3[nH]2)c1C. The van der Waals surface area contributed by atoms with Crippen LogP contribution in [0.1, 0.15) is 27.6 Å². The number of hydrogen-bond acceptors (Lipinski definition) is 4. The monoisotopic (exact) mass is 425 g/mol. The van der Waals surface area contributed by atoms with E-state index < -0.39 is 0 Å². The topological polar surface area (TPSA) is 50.8 Å². The van der Waals surface area contributed by atoms with Crippen LogP contribution in [0.4, 0.5) is 8.78 Å². The highest BCUT2D eigenvalue weighted by Gasteiger charge is 2.22. The number of fused-ring (bicyclic) bond motifs is 1. The van der Waals surface area contributed by atoms with Gasteiger partial charge in [-0.15, -0.1) is 0 Å². The lowest BCUT2D eigenvalue weighted by Gasteiger charge is -2.19. The van der Waals surface area contributed by atoms with Crippen LogP contribution in [0.25, 0.3) is 11.0 Å². The molecule has 4 nitrogen and oxygen atoms in total. The Labute approximate surface area is 177 Å². The molecule has 1 N–H and O–H groups in total. The second kappa shape index (κ2) is 8.44. The minimum absolute atomic E-state index is 0.102. The lowest BCUT2D eigenvalue weighted by molar-refractivity contribution is 0.406. The number of imidazole rings is 1. The van der Waals surface area contributed by atoms with Crippen molar-refractivity contribution in [3.63, 3.8) is 0 Å². The molecule has 4 aromatic rings. The summed E-state index contributed by atoms with van der Waals surface area (Å²) >= 11 is 1.51. The quantitative estimate of drug-likeness (QED) is 0.389. The molecular formula is C23H21F2N3OS. The summed E-state index contributed by atoms with van der Waals surface area (Å²) in [6.07, 6.45) is 2.42. The number of pyridine rings is 1. The third kappa shape index (κ3) is 4.16. The molecule has 0 saturated heterocycles. The molecule has 0 bridgehead atoms. The lowest BCUT2D eigenvalue weighted by atomic mass is 10.0. The number of nitrogens with one attached hydrogen (secondary N) is 1. The van der Waals surface area contributed by atoms with Crippen molar-refractivity contribution in [1.82, 2.24) is 15.0 Å². The highest BCUT2D eigenvalue weighted by Crippen LogP contribution is 2.40.